The molecule has 7 nitrogen and oxygen atoms in total. The molecule has 94 valence electrons. The Hall–Kier alpha value is -2.05. The molecular weight excluding hydrogens is 256 g/mol. The summed E-state index contributed by atoms with van der Waals surface area (Å²) in [6, 6.07) is 3.45. The molecule has 0 atom stereocenters. The molecular formula is C10H10N4O3S. The van der Waals surface area contributed by atoms with Gasteiger partial charge in [0.2, 0.25) is 0 Å². The number of hydrogen-bond donors (Lipinski definition) is 0. The smallest absolute Gasteiger partial charge is 0.234 e. The van der Waals surface area contributed by atoms with Gasteiger partial charge in [-0.2, -0.15) is 13.5 Å². The van der Waals surface area contributed by atoms with Crippen LogP contribution in [-0.2, 0) is 21.2 Å². The maximum atomic E-state index is 11.6. The lowest BCUT2D eigenvalue weighted by atomic mass is 10.2. The Kier molecular flexibility index (Phi) is 3.22. The van der Waals surface area contributed by atoms with Crippen molar-refractivity contribution in [3.63, 3.8) is 0 Å². The number of aryl methyl sites for hydroxylation is 1. The Morgan fingerprint density at radius 3 is 2.89 bits per heavy atom. The third kappa shape index (κ3) is 2.15. The first-order valence-corrected chi connectivity index (χ1v) is 6.70. The molecule has 0 aromatic carbocycles. The van der Waals surface area contributed by atoms with Crippen LogP contribution in [0, 0.1) is 0 Å². The van der Waals surface area contributed by atoms with Crippen LogP contribution < -0.4 is 0 Å². The largest absolute Gasteiger partial charge is 0.311 e. The van der Waals surface area contributed by atoms with Gasteiger partial charge in [-0.15, -0.1) is 0 Å². The number of isocyanates is 1. The highest BCUT2D eigenvalue weighted by molar-refractivity contribution is 7.90. The maximum absolute atomic E-state index is 11.6. The molecule has 0 aliphatic rings. The zero-order valence-corrected chi connectivity index (χ0v) is 10.4. The minimum Gasteiger partial charge on any atom is -0.234 e. The van der Waals surface area contributed by atoms with Crippen LogP contribution in [0.4, 0.5) is 0 Å². The van der Waals surface area contributed by atoms with Gasteiger partial charge < -0.3 is 0 Å². The zero-order chi connectivity index (χ0) is 13.2. The Labute approximate surface area is 103 Å². The minimum atomic E-state index is -4.09. The lowest BCUT2D eigenvalue weighted by Gasteiger charge is -2.00. The molecule has 0 fully saturated rings. The van der Waals surface area contributed by atoms with E-state index in [0.29, 0.717) is 5.65 Å². The maximum Gasteiger partial charge on any atom is 0.311 e. The number of imidazole rings is 1. The van der Waals surface area contributed by atoms with Crippen LogP contribution in [0.2, 0.25) is 0 Å². The van der Waals surface area contributed by atoms with Gasteiger partial charge in [0.25, 0.3) is 6.08 Å². The van der Waals surface area contributed by atoms with Crippen LogP contribution >= 0.6 is 0 Å². The second-order valence-electron chi connectivity index (χ2n) is 3.60. The first-order chi connectivity index (χ1) is 8.58. The second-order valence-corrected chi connectivity index (χ2v) is 5.15. The van der Waals surface area contributed by atoms with Crippen molar-refractivity contribution >= 4 is 21.8 Å². The monoisotopic (exact) mass is 266 g/mol. The summed E-state index contributed by atoms with van der Waals surface area (Å²) in [6.07, 6.45) is 3.76. The van der Waals surface area contributed by atoms with Crippen LogP contribution in [-0.4, -0.2) is 29.1 Å². The van der Waals surface area contributed by atoms with Crippen LogP contribution in [0.1, 0.15) is 19.0 Å². The highest BCUT2D eigenvalue weighted by atomic mass is 32.2. The molecule has 0 amide bonds. The zero-order valence-electron chi connectivity index (χ0n) is 9.57. The van der Waals surface area contributed by atoms with Gasteiger partial charge in [0, 0.05) is 0 Å². The van der Waals surface area contributed by atoms with Gasteiger partial charge in [-0.25, -0.2) is 14.3 Å². The number of sulfonamides is 1. The van der Waals surface area contributed by atoms with E-state index in [1.54, 1.807) is 12.1 Å². The predicted molar refractivity (Wildman–Crippen MR) is 62.3 cm³/mol. The molecule has 2 aromatic heterocycles. The molecule has 2 rings (SSSR count). The van der Waals surface area contributed by atoms with Gasteiger partial charge in [-0.3, -0.25) is 0 Å². The van der Waals surface area contributed by atoms with Gasteiger partial charge in [0.1, 0.15) is 0 Å². The van der Waals surface area contributed by atoms with E-state index in [0.717, 1.165) is 30.8 Å². The summed E-state index contributed by atoms with van der Waals surface area (Å²) in [6.45, 7) is 1.99. The van der Waals surface area contributed by atoms with Crippen molar-refractivity contribution in [3.05, 3.63) is 24.0 Å². The van der Waals surface area contributed by atoms with Crippen LogP contribution in [0.25, 0.3) is 5.65 Å². The summed E-state index contributed by atoms with van der Waals surface area (Å²) < 4.78 is 27.3. The van der Waals surface area contributed by atoms with E-state index in [9.17, 15) is 13.2 Å². The molecule has 2 aromatic rings. The van der Waals surface area contributed by atoms with E-state index >= 15 is 0 Å². The summed E-state index contributed by atoms with van der Waals surface area (Å²) in [4.78, 5) is 14.0. The number of aromatic nitrogens is 3. The number of rotatable bonds is 4. The molecule has 8 heteroatoms. The molecule has 0 bridgehead atoms. The van der Waals surface area contributed by atoms with Crippen molar-refractivity contribution in [2.75, 3.05) is 0 Å². The molecule has 0 aliphatic carbocycles. The van der Waals surface area contributed by atoms with Crippen molar-refractivity contribution in [1.29, 1.82) is 0 Å². The summed E-state index contributed by atoms with van der Waals surface area (Å²) in [5.41, 5.74) is 1.13. The number of carbonyl (C=O) groups excluding carboxylic acids is 1. The van der Waals surface area contributed by atoms with E-state index in [1.807, 2.05) is 6.92 Å². The van der Waals surface area contributed by atoms with Gasteiger partial charge in [-0.1, -0.05) is 17.7 Å². The molecule has 0 aliphatic heterocycles. The van der Waals surface area contributed by atoms with E-state index in [4.69, 9.17) is 0 Å². The van der Waals surface area contributed by atoms with Crippen molar-refractivity contribution in [2.24, 2.45) is 4.40 Å². The van der Waals surface area contributed by atoms with Gasteiger partial charge in [-0.05, 0) is 18.6 Å². The minimum absolute atomic E-state index is 0.237. The second kappa shape index (κ2) is 4.67. The predicted octanol–water partition coefficient (Wildman–Crippen LogP) is 0.706. The number of fused-ring (bicyclic) bond motifs is 1. The third-order valence-corrected chi connectivity index (χ3v) is 3.44. The number of nitrogens with zero attached hydrogens (tertiary/aromatic N) is 4. The van der Waals surface area contributed by atoms with Crippen molar-refractivity contribution in [1.82, 2.24) is 14.6 Å². The first kappa shape index (κ1) is 12.4. The van der Waals surface area contributed by atoms with E-state index in [1.165, 1.54) is 4.52 Å². The van der Waals surface area contributed by atoms with Crippen LogP contribution in [0.15, 0.2) is 27.8 Å². The third-order valence-electron chi connectivity index (χ3n) is 2.31. The van der Waals surface area contributed by atoms with Gasteiger partial charge in [0.15, 0.2) is 10.7 Å². The molecule has 0 radical (unpaired) electrons. The molecule has 0 saturated heterocycles. The lowest BCUT2D eigenvalue weighted by Crippen LogP contribution is -2.05. The Balaban J connectivity index is 2.66. The lowest BCUT2D eigenvalue weighted by molar-refractivity contribution is 0.562. The molecule has 0 saturated carbocycles. The SMILES string of the molecule is CCCc1ccc2ncc(S(=O)(=O)N=C=O)n2n1. The standard InChI is InChI=1S/C10H10N4O3S/c1-2-3-8-4-5-9-11-6-10(14(9)13-8)18(16,17)12-7-15/h4-6H,2-3H2,1H3. The highest BCUT2D eigenvalue weighted by Gasteiger charge is 2.19. The molecule has 2 heterocycles. The molecule has 0 unspecified atom stereocenters. The fourth-order valence-corrected chi connectivity index (χ4v) is 2.28. The van der Waals surface area contributed by atoms with Crippen LogP contribution in [0.3, 0.4) is 0 Å². The van der Waals surface area contributed by atoms with Crippen molar-refractivity contribution in [3.8, 4) is 0 Å². The fraction of sp³-hybridized carbons (Fsp3) is 0.300. The average Bonchev–Trinajstić information content (AvgIpc) is 2.73. The van der Waals surface area contributed by atoms with E-state index < -0.39 is 10.0 Å². The first-order valence-electron chi connectivity index (χ1n) is 5.26. The number of hydrogen-bond acceptors (Lipinski definition) is 5. The quantitative estimate of drug-likeness (QED) is 0.600. The Bertz CT molecular complexity index is 729. The topological polar surface area (TPSA) is 93.8 Å². The Morgan fingerprint density at radius 2 is 2.22 bits per heavy atom. The summed E-state index contributed by atoms with van der Waals surface area (Å²) in [7, 11) is -4.09. The summed E-state index contributed by atoms with van der Waals surface area (Å²) in [5.74, 6) is 0. The van der Waals surface area contributed by atoms with E-state index in [-0.39, 0.29) is 5.03 Å². The highest BCUT2D eigenvalue weighted by Crippen LogP contribution is 2.14. The summed E-state index contributed by atoms with van der Waals surface area (Å²) >= 11 is 0. The molecule has 0 N–H and O–H groups in total. The normalized spacial score (nSPS) is 11.4. The molecule has 0 spiro atoms. The molecule has 18 heavy (non-hydrogen) atoms. The summed E-state index contributed by atoms with van der Waals surface area (Å²) in [5, 5.41) is 3.92. The van der Waals surface area contributed by atoms with Crippen LogP contribution in [0.5, 0.6) is 0 Å². The van der Waals surface area contributed by atoms with Crippen molar-refractivity contribution in [2.45, 2.75) is 24.8 Å². The average molecular weight is 266 g/mol. The Morgan fingerprint density at radius 1 is 1.44 bits per heavy atom. The van der Waals surface area contributed by atoms with E-state index in [2.05, 4.69) is 14.5 Å². The van der Waals surface area contributed by atoms with Gasteiger partial charge >= 0.3 is 10.0 Å². The fourth-order valence-electron chi connectivity index (χ4n) is 1.55. The van der Waals surface area contributed by atoms with Crippen molar-refractivity contribution < 1.29 is 13.2 Å². The van der Waals surface area contributed by atoms with Gasteiger partial charge in [0.05, 0.1) is 11.9 Å².